The van der Waals surface area contributed by atoms with Gasteiger partial charge in [0.2, 0.25) is 0 Å². The van der Waals surface area contributed by atoms with Crippen molar-refractivity contribution in [3.8, 4) is 0 Å². The molecule has 92 valence electrons. The highest BCUT2D eigenvalue weighted by Crippen LogP contribution is 2.03. The maximum atomic E-state index is 11.7. The molecule has 5 nitrogen and oxygen atoms in total. The largest absolute Gasteiger partial charge is 0.479 e. The maximum Gasteiger partial charge on any atom is 0.334 e. The van der Waals surface area contributed by atoms with E-state index >= 15 is 0 Å². The molecule has 5 heteroatoms. The molecular formula is C12H15NO4. The van der Waals surface area contributed by atoms with Gasteiger partial charge in [-0.25, -0.2) is 4.79 Å². The van der Waals surface area contributed by atoms with E-state index in [2.05, 4.69) is 5.32 Å². The molecule has 0 heterocycles. The van der Waals surface area contributed by atoms with Crippen molar-refractivity contribution in [1.29, 1.82) is 0 Å². The summed E-state index contributed by atoms with van der Waals surface area (Å²) < 4.78 is 4.71. The minimum Gasteiger partial charge on any atom is -0.479 e. The van der Waals surface area contributed by atoms with Crippen molar-refractivity contribution in [3.05, 3.63) is 35.4 Å². The normalized spacial score (nSPS) is 11.9. The summed E-state index contributed by atoms with van der Waals surface area (Å²) in [6, 6.07) is 7.06. The third kappa shape index (κ3) is 3.88. The number of rotatable bonds is 5. The van der Waals surface area contributed by atoms with Gasteiger partial charge in [-0.1, -0.05) is 17.7 Å². The molecular weight excluding hydrogens is 222 g/mol. The first-order chi connectivity index (χ1) is 8.04. The molecule has 0 radical (unpaired) electrons. The fourth-order valence-electron chi connectivity index (χ4n) is 1.35. The first-order valence-electron chi connectivity index (χ1n) is 5.15. The minimum absolute atomic E-state index is 0.0569. The Labute approximate surface area is 99.4 Å². The molecule has 0 fully saturated rings. The second-order valence-corrected chi connectivity index (χ2v) is 3.64. The van der Waals surface area contributed by atoms with Gasteiger partial charge in [0.05, 0.1) is 6.54 Å². The second kappa shape index (κ2) is 6.00. The number of methoxy groups -OCH3 is 1. The van der Waals surface area contributed by atoms with E-state index in [-0.39, 0.29) is 12.5 Å². The Morgan fingerprint density at radius 3 is 2.71 bits per heavy atom. The molecule has 1 unspecified atom stereocenters. The smallest absolute Gasteiger partial charge is 0.334 e. The summed E-state index contributed by atoms with van der Waals surface area (Å²) in [4.78, 5) is 22.3. The highest BCUT2D eigenvalue weighted by molar-refractivity contribution is 5.94. The van der Waals surface area contributed by atoms with Crippen LogP contribution >= 0.6 is 0 Å². The van der Waals surface area contributed by atoms with Gasteiger partial charge in [-0.2, -0.15) is 0 Å². The summed E-state index contributed by atoms with van der Waals surface area (Å²) in [7, 11) is 1.29. The van der Waals surface area contributed by atoms with Crippen molar-refractivity contribution in [1.82, 2.24) is 5.32 Å². The van der Waals surface area contributed by atoms with Crippen LogP contribution in [0.2, 0.25) is 0 Å². The quantitative estimate of drug-likeness (QED) is 0.795. The second-order valence-electron chi connectivity index (χ2n) is 3.64. The van der Waals surface area contributed by atoms with Crippen LogP contribution in [0, 0.1) is 6.92 Å². The van der Waals surface area contributed by atoms with Crippen molar-refractivity contribution in [2.24, 2.45) is 0 Å². The fourth-order valence-corrected chi connectivity index (χ4v) is 1.35. The van der Waals surface area contributed by atoms with Crippen LogP contribution < -0.4 is 5.32 Å². The summed E-state index contributed by atoms with van der Waals surface area (Å²) in [5.41, 5.74) is 1.48. The zero-order valence-corrected chi connectivity index (χ0v) is 9.77. The molecule has 0 bridgehead atoms. The lowest BCUT2D eigenvalue weighted by Gasteiger charge is -2.11. The van der Waals surface area contributed by atoms with Gasteiger partial charge in [-0.05, 0) is 19.1 Å². The zero-order chi connectivity index (χ0) is 12.8. The molecule has 0 saturated heterocycles. The lowest BCUT2D eigenvalue weighted by molar-refractivity contribution is -0.148. The molecule has 1 rings (SSSR count). The number of carbonyl (C=O) groups is 2. The first-order valence-corrected chi connectivity index (χ1v) is 5.15. The molecule has 0 spiro atoms. The van der Waals surface area contributed by atoms with Crippen LogP contribution in [0.5, 0.6) is 0 Å². The van der Waals surface area contributed by atoms with Crippen LogP contribution in [0.4, 0.5) is 0 Å². The molecule has 1 amide bonds. The molecule has 2 N–H and O–H groups in total. The zero-order valence-electron chi connectivity index (χ0n) is 9.77. The molecule has 0 saturated carbocycles. The van der Waals surface area contributed by atoms with Crippen LogP contribution in [0.25, 0.3) is 0 Å². The highest BCUT2D eigenvalue weighted by atomic mass is 16.5. The van der Waals surface area contributed by atoms with Crippen molar-refractivity contribution in [2.75, 3.05) is 13.7 Å². The summed E-state index contributed by atoms with van der Waals surface area (Å²) in [5, 5.41) is 11.2. The highest BCUT2D eigenvalue weighted by Gasteiger charge is 2.17. The number of carboxylic acid groups (broad SMARTS) is 1. The van der Waals surface area contributed by atoms with Crippen LogP contribution in [-0.4, -0.2) is 36.7 Å². The standard InChI is InChI=1S/C12H15NO4/c1-8-4-3-5-9(6-8)11(14)13-7-10(17-2)12(15)16/h3-6,10H,7H2,1-2H3,(H,13,14)(H,15,16). The topological polar surface area (TPSA) is 75.6 Å². The Morgan fingerprint density at radius 2 is 2.18 bits per heavy atom. The van der Waals surface area contributed by atoms with E-state index in [9.17, 15) is 9.59 Å². The third-order valence-corrected chi connectivity index (χ3v) is 2.29. The van der Waals surface area contributed by atoms with Crippen molar-refractivity contribution < 1.29 is 19.4 Å². The maximum absolute atomic E-state index is 11.7. The number of nitrogens with one attached hydrogen (secondary N) is 1. The monoisotopic (exact) mass is 237 g/mol. The van der Waals surface area contributed by atoms with E-state index in [1.165, 1.54) is 7.11 Å². The molecule has 1 aromatic carbocycles. The third-order valence-electron chi connectivity index (χ3n) is 2.29. The van der Waals surface area contributed by atoms with Gasteiger partial charge in [0.15, 0.2) is 6.10 Å². The van der Waals surface area contributed by atoms with Gasteiger partial charge in [0.1, 0.15) is 0 Å². The van der Waals surface area contributed by atoms with E-state index in [0.717, 1.165) is 5.56 Å². The summed E-state index contributed by atoms with van der Waals surface area (Å²) in [5.74, 6) is -1.41. The number of ether oxygens (including phenoxy) is 1. The lowest BCUT2D eigenvalue weighted by atomic mass is 10.1. The summed E-state index contributed by atoms with van der Waals surface area (Å²) >= 11 is 0. The molecule has 0 aliphatic rings. The molecule has 0 aliphatic carbocycles. The van der Waals surface area contributed by atoms with Gasteiger partial charge >= 0.3 is 5.97 Å². The number of aliphatic carboxylic acids is 1. The Bertz CT molecular complexity index is 417. The Balaban J connectivity index is 2.58. The van der Waals surface area contributed by atoms with Crippen LogP contribution in [-0.2, 0) is 9.53 Å². The number of aryl methyl sites for hydroxylation is 1. The van der Waals surface area contributed by atoms with Crippen LogP contribution in [0.15, 0.2) is 24.3 Å². The van der Waals surface area contributed by atoms with Crippen molar-refractivity contribution >= 4 is 11.9 Å². The van der Waals surface area contributed by atoms with E-state index in [4.69, 9.17) is 9.84 Å². The van der Waals surface area contributed by atoms with E-state index in [1.54, 1.807) is 18.2 Å². The van der Waals surface area contributed by atoms with Gasteiger partial charge < -0.3 is 15.2 Å². The Kier molecular flexibility index (Phi) is 4.66. The molecule has 1 aromatic rings. The molecule has 0 aliphatic heterocycles. The van der Waals surface area contributed by atoms with Gasteiger partial charge in [0.25, 0.3) is 5.91 Å². The molecule has 1 atom stereocenters. The average Bonchev–Trinajstić information content (AvgIpc) is 2.29. The SMILES string of the molecule is COC(CNC(=O)c1cccc(C)c1)C(=O)O. The van der Waals surface area contributed by atoms with E-state index < -0.39 is 12.1 Å². The summed E-state index contributed by atoms with van der Waals surface area (Å²) in [6.07, 6.45) is -1.02. The number of carbonyl (C=O) groups excluding carboxylic acids is 1. The average molecular weight is 237 g/mol. The number of amides is 1. The lowest BCUT2D eigenvalue weighted by Crippen LogP contribution is -2.37. The van der Waals surface area contributed by atoms with Crippen LogP contribution in [0.1, 0.15) is 15.9 Å². The van der Waals surface area contributed by atoms with Crippen LogP contribution in [0.3, 0.4) is 0 Å². The number of hydrogen-bond donors (Lipinski definition) is 2. The van der Waals surface area contributed by atoms with Crippen molar-refractivity contribution in [3.63, 3.8) is 0 Å². The van der Waals surface area contributed by atoms with Crippen molar-refractivity contribution in [2.45, 2.75) is 13.0 Å². The predicted molar refractivity (Wildman–Crippen MR) is 61.9 cm³/mol. The Morgan fingerprint density at radius 1 is 1.47 bits per heavy atom. The first kappa shape index (κ1) is 13.2. The van der Waals surface area contributed by atoms with Gasteiger partial charge in [0, 0.05) is 12.7 Å². The molecule has 0 aromatic heterocycles. The predicted octanol–water partition coefficient (Wildman–Crippen LogP) is 0.824. The number of benzene rings is 1. The summed E-state index contributed by atoms with van der Waals surface area (Å²) in [6.45, 7) is 1.82. The minimum atomic E-state index is -1.10. The number of hydrogen-bond acceptors (Lipinski definition) is 3. The van der Waals surface area contributed by atoms with Gasteiger partial charge in [-0.15, -0.1) is 0 Å². The van der Waals surface area contributed by atoms with Gasteiger partial charge in [-0.3, -0.25) is 4.79 Å². The molecule has 17 heavy (non-hydrogen) atoms. The Hall–Kier alpha value is -1.88. The fraction of sp³-hybridized carbons (Fsp3) is 0.333. The van der Waals surface area contributed by atoms with E-state index in [1.807, 2.05) is 13.0 Å². The van der Waals surface area contributed by atoms with E-state index in [0.29, 0.717) is 5.56 Å². The number of carboxylic acids is 1.